The van der Waals surface area contributed by atoms with Gasteiger partial charge >= 0.3 is 0 Å². The van der Waals surface area contributed by atoms with Gasteiger partial charge in [-0.3, -0.25) is 4.79 Å². The van der Waals surface area contributed by atoms with Gasteiger partial charge in [0.15, 0.2) is 0 Å². The molecule has 1 N–H and O–H groups in total. The van der Waals surface area contributed by atoms with Gasteiger partial charge in [-0.15, -0.1) is 11.8 Å². The Morgan fingerprint density at radius 1 is 1.04 bits per heavy atom. The maximum atomic E-state index is 12.4. The van der Waals surface area contributed by atoms with Gasteiger partial charge in [-0.2, -0.15) is 5.26 Å². The second-order valence-corrected chi connectivity index (χ2v) is 6.34. The lowest BCUT2D eigenvalue weighted by atomic mass is 10.1. The summed E-state index contributed by atoms with van der Waals surface area (Å²) in [5.41, 5.74) is 1.57. The fraction of sp³-hybridized carbons (Fsp3) is 0.0476. The van der Waals surface area contributed by atoms with Crippen molar-refractivity contribution in [3.8, 4) is 6.07 Å². The molecule has 3 aromatic rings. The summed E-state index contributed by atoms with van der Waals surface area (Å²) in [6.07, 6.45) is 3.60. The highest BCUT2D eigenvalue weighted by molar-refractivity contribution is 7.98. The van der Waals surface area contributed by atoms with E-state index in [1.807, 2.05) is 79.1 Å². The van der Waals surface area contributed by atoms with Crippen molar-refractivity contribution in [2.24, 2.45) is 0 Å². The summed E-state index contributed by atoms with van der Waals surface area (Å²) in [6.45, 7) is 0. The molecule has 0 aliphatic rings. The molecule has 0 radical (unpaired) electrons. The molecule has 0 saturated heterocycles. The molecule has 25 heavy (non-hydrogen) atoms. The van der Waals surface area contributed by atoms with Gasteiger partial charge in [-0.1, -0.05) is 42.5 Å². The third-order valence-electron chi connectivity index (χ3n) is 3.80. The maximum Gasteiger partial charge on any atom is 0.266 e. The number of carbonyl (C=O) groups excluding carboxylic acids is 1. The Hall–Kier alpha value is -3.03. The van der Waals surface area contributed by atoms with Crippen molar-refractivity contribution < 1.29 is 4.79 Å². The number of anilines is 1. The lowest BCUT2D eigenvalue weighted by Crippen LogP contribution is -2.13. The average Bonchev–Trinajstić information content (AvgIpc) is 2.66. The van der Waals surface area contributed by atoms with Crippen LogP contribution in [0.2, 0.25) is 0 Å². The highest BCUT2D eigenvalue weighted by Crippen LogP contribution is 2.20. The fourth-order valence-electron chi connectivity index (χ4n) is 2.48. The van der Waals surface area contributed by atoms with Crippen LogP contribution in [0.1, 0.15) is 5.56 Å². The Morgan fingerprint density at radius 3 is 2.44 bits per heavy atom. The molecular weight excluding hydrogens is 328 g/mol. The number of nitrogens with one attached hydrogen (secondary N) is 1. The molecule has 0 bridgehead atoms. The van der Waals surface area contributed by atoms with Crippen LogP contribution in [-0.2, 0) is 4.79 Å². The summed E-state index contributed by atoms with van der Waals surface area (Å²) in [6, 6.07) is 23.3. The molecule has 0 aliphatic heterocycles. The summed E-state index contributed by atoms with van der Waals surface area (Å²) in [5, 5.41) is 14.3. The topological polar surface area (TPSA) is 52.9 Å². The van der Waals surface area contributed by atoms with Crippen LogP contribution >= 0.6 is 11.8 Å². The van der Waals surface area contributed by atoms with E-state index in [9.17, 15) is 10.1 Å². The van der Waals surface area contributed by atoms with Gasteiger partial charge in [0, 0.05) is 10.6 Å². The zero-order chi connectivity index (χ0) is 17.6. The minimum Gasteiger partial charge on any atom is -0.321 e. The van der Waals surface area contributed by atoms with Gasteiger partial charge in [0.05, 0.1) is 0 Å². The van der Waals surface area contributed by atoms with E-state index >= 15 is 0 Å². The van der Waals surface area contributed by atoms with Crippen molar-refractivity contribution in [1.82, 2.24) is 0 Å². The number of fused-ring (bicyclic) bond motifs is 1. The van der Waals surface area contributed by atoms with Crippen molar-refractivity contribution >= 4 is 40.2 Å². The molecule has 3 nitrogen and oxygen atoms in total. The molecule has 0 saturated carbocycles. The van der Waals surface area contributed by atoms with Crippen LogP contribution in [-0.4, -0.2) is 12.2 Å². The van der Waals surface area contributed by atoms with E-state index in [0.29, 0.717) is 5.69 Å². The molecule has 0 aromatic heterocycles. The summed E-state index contributed by atoms with van der Waals surface area (Å²) in [5.74, 6) is -0.410. The van der Waals surface area contributed by atoms with Crippen molar-refractivity contribution in [2.45, 2.75) is 4.90 Å². The van der Waals surface area contributed by atoms with Crippen LogP contribution in [0.3, 0.4) is 0 Å². The van der Waals surface area contributed by atoms with E-state index in [-0.39, 0.29) is 5.57 Å². The summed E-state index contributed by atoms with van der Waals surface area (Å²) in [7, 11) is 0. The minimum atomic E-state index is -0.410. The summed E-state index contributed by atoms with van der Waals surface area (Å²) >= 11 is 1.65. The molecule has 0 atom stereocenters. The average molecular weight is 344 g/mol. The number of hydrogen-bond donors (Lipinski definition) is 1. The summed E-state index contributed by atoms with van der Waals surface area (Å²) < 4.78 is 0. The molecule has 0 unspecified atom stereocenters. The smallest absolute Gasteiger partial charge is 0.266 e. The number of nitrogens with zero attached hydrogens (tertiary/aromatic N) is 1. The first-order chi connectivity index (χ1) is 12.2. The van der Waals surface area contributed by atoms with E-state index in [4.69, 9.17) is 0 Å². The predicted molar refractivity (Wildman–Crippen MR) is 104 cm³/mol. The normalized spacial score (nSPS) is 11.1. The second-order valence-electron chi connectivity index (χ2n) is 5.46. The van der Waals surface area contributed by atoms with Gasteiger partial charge in [0.25, 0.3) is 5.91 Å². The lowest BCUT2D eigenvalue weighted by Gasteiger charge is -2.06. The lowest BCUT2D eigenvalue weighted by molar-refractivity contribution is -0.112. The third kappa shape index (κ3) is 4.09. The Labute approximate surface area is 151 Å². The first-order valence-electron chi connectivity index (χ1n) is 7.75. The molecule has 3 rings (SSSR count). The molecule has 0 heterocycles. The highest BCUT2D eigenvalue weighted by atomic mass is 32.2. The Kier molecular flexibility index (Phi) is 5.17. The zero-order valence-corrected chi connectivity index (χ0v) is 14.5. The Bertz CT molecular complexity index is 985. The van der Waals surface area contributed by atoms with Gasteiger partial charge in [-0.25, -0.2) is 0 Å². The van der Waals surface area contributed by atoms with E-state index in [1.165, 1.54) is 0 Å². The first kappa shape index (κ1) is 16.8. The SMILES string of the molecule is CSc1ccc(/C=C(\C#N)C(=O)Nc2ccc3ccccc3c2)cc1. The number of carbonyl (C=O) groups is 1. The number of benzene rings is 3. The molecular formula is C21H16N2OS. The Morgan fingerprint density at radius 2 is 1.76 bits per heavy atom. The Balaban J connectivity index is 1.81. The number of nitriles is 1. The molecule has 0 fully saturated rings. The van der Waals surface area contributed by atoms with Crippen LogP contribution in [0.5, 0.6) is 0 Å². The fourth-order valence-corrected chi connectivity index (χ4v) is 2.89. The van der Waals surface area contributed by atoms with Crippen molar-refractivity contribution in [3.05, 3.63) is 77.9 Å². The van der Waals surface area contributed by atoms with Gasteiger partial charge in [0.2, 0.25) is 0 Å². The predicted octanol–water partition coefficient (Wildman–Crippen LogP) is 5.11. The molecule has 122 valence electrons. The van der Waals surface area contributed by atoms with E-state index < -0.39 is 5.91 Å². The minimum absolute atomic E-state index is 0.0741. The number of thioether (sulfide) groups is 1. The van der Waals surface area contributed by atoms with Crippen LogP contribution in [0.15, 0.2) is 77.2 Å². The van der Waals surface area contributed by atoms with Crippen LogP contribution < -0.4 is 5.32 Å². The van der Waals surface area contributed by atoms with Crippen LogP contribution in [0.25, 0.3) is 16.8 Å². The van der Waals surface area contributed by atoms with Crippen LogP contribution in [0, 0.1) is 11.3 Å². The van der Waals surface area contributed by atoms with Gasteiger partial charge in [-0.05, 0) is 52.9 Å². The third-order valence-corrected chi connectivity index (χ3v) is 4.54. The maximum absolute atomic E-state index is 12.4. The molecule has 0 spiro atoms. The number of rotatable bonds is 4. The largest absolute Gasteiger partial charge is 0.321 e. The second kappa shape index (κ2) is 7.69. The van der Waals surface area contributed by atoms with Crippen LogP contribution in [0.4, 0.5) is 5.69 Å². The van der Waals surface area contributed by atoms with Crippen molar-refractivity contribution in [1.29, 1.82) is 5.26 Å². The van der Waals surface area contributed by atoms with E-state index in [2.05, 4.69) is 5.32 Å². The zero-order valence-electron chi connectivity index (χ0n) is 13.7. The monoisotopic (exact) mass is 344 g/mol. The van der Waals surface area contributed by atoms with Crippen molar-refractivity contribution in [2.75, 3.05) is 11.6 Å². The van der Waals surface area contributed by atoms with E-state index in [1.54, 1.807) is 17.8 Å². The number of amides is 1. The number of hydrogen-bond acceptors (Lipinski definition) is 3. The molecule has 3 aromatic carbocycles. The van der Waals surface area contributed by atoms with Crippen molar-refractivity contribution in [3.63, 3.8) is 0 Å². The molecule has 1 amide bonds. The van der Waals surface area contributed by atoms with Gasteiger partial charge in [0.1, 0.15) is 11.6 Å². The highest BCUT2D eigenvalue weighted by Gasteiger charge is 2.10. The molecule has 4 heteroatoms. The first-order valence-corrected chi connectivity index (χ1v) is 8.98. The quantitative estimate of drug-likeness (QED) is 0.407. The molecule has 0 aliphatic carbocycles. The summed E-state index contributed by atoms with van der Waals surface area (Å²) in [4.78, 5) is 13.5. The van der Waals surface area contributed by atoms with Gasteiger partial charge < -0.3 is 5.32 Å². The standard InChI is InChI=1S/C21H16N2OS/c1-25-20-10-6-15(7-11-20)12-18(14-22)21(24)23-19-9-8-16-4-2-3-5-17(16)13-19/h2-13H,1H3,(H,23,24)/b18-12+. The van der Waals surface area contributed by atoms with E-state index in [0.717, 1.165) is 21.2 Å².